The zero-order valence-corrected chi connectivity index (χ0v) is 15.4. The molecular weight excluding hydrogens is 328 g/mol. The summed E-state index contributed by atoms with van der Waals surface area (Å²) in [7, 11) is 0. The second-order valence-electron chi connectivity index (χ2n) is 6.43. The molecular formula is C21H24N2O3. The van der Waals surface area contributed by atoms with Crippen molar-refractivity contribution >= 4 is 17.0 Å². The summed E-state index contributed by atoms with van der Waals surface area (Å²) in [5.74, 6) is 1.20. The zero-order chi connectivity index (χ0) is 18.5. The molecule has 136 valence electrons. The van der Waals surface area contributed by atoms with E-state index in [2.05, 4.69) is 24.0 Å². The maximum Gasteiger partial charge on any atom is 0.326 e. The fourth-order valence-electron chi connectivity index (χ4n) is 2.81. The molecule has 0 aliphatic carbocycles. The molecule has 5 heteroatoms. The van der Waals surface area contributed by atoms with Gasteiger partial charge in [0.15, 0.2) is 0 Å². The summed E-state index contributed by atoms with van der Waals surface area (Å²) >= 11 is 0. The van der Waals surface area contributed by atoms with Crippen LogP contribution in [-0.2, 0) is 29.1 Å². The highest BCUT2D eigenvalue weighted by atomic mass is 16.5. The van der Waals surface area contributed by atoms with Crippen molar-refractivity contribution in [2.75, 3.05) is 0 Å². The van der Waals surface area contributed by atoms with Crippen LogP contribution in [0.2, 0.25) is 0 Å². The van der Waals surface area contributed by atoms with Crippen LogP contribution in [0.25, 0.3) is 11.0 Å². The van der Waals surface area contributed by atoms with Crippen LogP contribution in [0.15, 0.2) is 48.5 Å². The first kappa shape index (κ1) is 18.0. The lowest BCUT2D eigenvalue weighted by Gasteiger charge is -2.12. The van der Waals surface area contributed by atoms with Gasteiger partial charge in [-0.15, -0.1) is 0 Å². The number of fused-ring (bicyclic) bond motifs is 1. The van der Waals surface area contributed by atoms with Gasteiger partial charge in [-0.3, -0.25) is 4.79 Å². The first-order chi connectivity index (χ1) is 12.6. The Morgan fingerprint density at radius 3 is 2.54 bits per heavy atom. The second kappa shape index (κ2) is 8.04. The number of nitrogens with zero attached hydrogens (tertiary/aromatic N) is 2. The van der Waals surface area contributed by atoms with E-state index < -0.39 is 0 Å². The highest BCUT2D eigenvalue weighted by Crippen LogP contribution is 2.19. The highest BCUT2D eigenvalue weighted by molar-refractivity contribution is 5.79. The topological polar surface area (TPSA) is 53.4 Å². The van der Waals surface area contributed by atoms with E-state index in [-0.39, 0.29) is 25.2 Å². The molecule has 1 aromatic heterocycles. The third-order valence-corrected chi connectivity index (χ3v) is 4.09. The van der Waals surface area contributed by atoms with E-state index in [1.54, 1.807) is 0 Å². The molecule has 0 radical (unpaired) electrons. The molecule has 0 saturated carbocycles. The zero-order valence-electron chi connectivity index (χ0n) is 15.4. The molecule has 5 nitrogen and oxygen atoms in total. The molecule has 0 aliphatic heterocycles. The van der Waals surface area contributed by atoms with Crippen molar-refractivity contribution in [2.24, 2.45) is 0 Å². The molecule has 0 unspecified atom stereocenters. The van der Waals surface area contributed by atoms with Gasteiger partial charge in [-0.05, 0) is 50.1 Å². The summed E-state index contributed by atoms with van der Waals surface area (Å²) in [6.45, 7) is 6.21. The molecule has 0 N–H and O–H groups in total. The van der Waals surface area contributed by atoms with Crippen LogP contribution < -0.4 is 4.74 Å². The molecule has 3 aromatic rings. The first-order valence-electron chi connectivity index (χ1n) is 8.92. The minimum absolute atomic E-state index is 0.117. The van der Waals surface area contributed by atoms with Gasteiger partial charge >= 0.3 is 5.97 Å². The Labute approximate surface area is 153 Å². The third-order valence-electron chi connectivity index (χ3n) is 4.09. The minimum Gasteiger partial charge on any atom is -0.486 e. The lowest BCUT2D eigenvalue weighted by molar-refractivity contribution is -0.148. The fourth-order valence-corrected chi connectivity index (χ4v) is 2.81. The molecule has 0 atom stereocenters. The largest absolute Gasteiger partial charge is 0.486 e. The van der Waals surface area contributed by atoms with Gasteiger partial charge < -0.3 is 14.0 Å². The lowest BCUT2D eigenvalue weighted by atomic mass is 10.2. The lowest BCUT2D eigenvalue weighted by Crippen LogP contribution is -2.19. The van der Waals surface area contributed by atoms with Gasteiger partial charge in [-0.25, -0.2) is 4.98 Å². The number of carbonyl (C=O) groups is 1. The quantitative estimate of drug-likeness (QED) is 0.600. The Hall–Kier alpha value is -2.82. The van der Waals surface area contributed by atoms with Crippen molar-refractivity contribution in [2.45, 2.75) is 46.4 Å². The molecule has 2 aromatic carbocycles. The van der Waals surface area contributed by atoms with Crippen molar-refractivity contribution in [1.29, 1.82) is 0 Å². The summed E-state index contributed by atoms with van der Waals surface area (Å²) in [5, 5.41) is 0. The van der Waals surface area contributed by atoms with Crippen LogP contribution in [0.1, 0.15) is 32.2 Å². The van der Waals surface area contributed by atoms with Gasteiger partial charge in [-0.2, -0.15) is 0 Å². The molecule has 0 bridgehead atoms. The van der Waals surface area contributed by atoms with E-state index in [4.69, 9.17) is 9.47 Å². The molecule has 1 heterocycles. The van der Waals surface area contributed by atoms with E-state index in [0.717, 1.165) is 23.2 Å². The molecule has 0 fully saturated rings. The monoisotopic (exact) mass is 352 g/mol. The van der Waals surface area contributed by atoms with Crippen molar-refractivity contribution < 1.29 is 14.3 Å². The van der Waals surface area contributed by atoms with Crippen LogP contribution in [-0.4, -0.2) is 21.6 Å². The number of aryl methyl sites for hydroxylation is 1. The summed E-state index contributed by atoms with van der Waals surface area (Å²) in [5.41, 5.74) is 3.00. The number of ether oxygens (including phenoxy) is 2. The van der Waals surface area contributed by atoms with E-state index in [9.17, 15) is 4.79 Å². The summed E-state index contributed by atoms with van der Waals surface area (Å²) in [4.78, 5) is 16.8. The minimum atomic E-state index is -0.281. The van der Waals surface area contributed by atoms with Gasteiger partial charge in [0.1, 0.15) is 24.7 Å². The van der Waals surface area contributed by atoms with E-state index >= 15 is 0 Å². The smallest absolute Gasteiger partial charge is 0.326 e. The van der Waals surface area contributed by atoms with E-state index in [0.29, 0.717) is 5.82 Å². The van der Waals surface area contributed by atoms with Gasteiger partial charge in [0.05, 0.1) is 17.1 Å². The van der Waals surface area contributed by atoms with Crippen LogP contribution in [0, 0.1) is 0 Å². The number of hydrogen-bond acceptors (Lipinski definition) is 4. The molecule has 0 amide bonds. The van der Waals surface area contributed by atoms with Crippen LogP contribution in [0.3, 0.4) is 0 Å². The van der Waals surface area contributed by atoms with Gasteiger partial charge in [0.2, 0.25) is 0 Å². The highest BCUT2D eigenvalue weighted by Gasteiger charge is 2.15. The Kier molecular flexibility index (Phi) is 5.56. The van der Waals surface area contributed by atoms with Crippen molar-refractivity contribution in [1.82, 2.24) is 9.55 Å². The fraction of sp³-hybridized carbons (Fsp3) is 0.333. The number of benzene rings is 2. The molecule has 0 saturated heterocycles. The number of esters is 1. The molecule has 0 spiro atoms. The Morgan fingerprint density at radius 2 is 1.85 bits per heavy atom. The Bertz CT molecular complexity index is 882. The maximum atomic E-state index is 12.1. The number of imidazole rings is 1. The number of carbonyl (C=O) groups excluding carboxylic acids is 1. The molecule has 0 aliphatic rings. The van der Waals surface area contributed by atoms with Crippen molar-refractivity contribution in [3.05, 3.63) is 59.9 Å². The number of hydrogen-bond donors (Lipinski definition) is 0. The summed E-state index contributed by atoms with van der Waals surface area (Å²) in [6, 6.07) is 15.8. The second-order valence-corrected chi connectivity index (χ2v) is 6.43. The van der Waals surface area contributed by atoms with Gasteiger partial charge in [0, 0.05) is 0 Å². The molecule has 3 rings (SSSR count). The Balaban J connectivity index is 1.81. The predicted molar refractivity (Wildman–Crippen MR) is 101 cm³/mol. The van der Waals surface area contributed by atoms with Crippen LogP contribution in [0.4, 0.5) is 0 Å². The predicted octanol–water partition coefficient (Wildman–Crippen LogP) is 4.13. The van der Waals surface area contributed by atoms with Gasteiger partial charge in [-0.1, -0.05) is 31.2 Å². The first-order valence-corrected chi connectivity index (χ1v) is 8.92. The summed E-state index contributed by atoms with van der Waals surface area (Å²) < 4.78 is 13.0. The standard InChI is InChI=1S/C21H24N2O3/c1-4-16-9-11-17(12-10-16)25-14-20-22-18-7-5-6-8-19(18)23(20)13-21(24)26-15(2)3/h5-12,15H,4,13-14H2,1-3H3. The van der Waals surface area contributed by atoms with E-state index in [1.807, 2.05) is 54.8 Å². The van der Waals surface area contributed by atoms with E-state index in [1.165, 1.54) is 5.56 Å². The van der Waals surface area contributed by atoms with Crippen molar-refractivity contribution in [3.8, 4) is 5.75 Å². The third kappa shape index (κ3) is 4.23. The number of rotatable bonds is 7. The normalized spacial score (nSPS) is 11.1. The maximum absolute atomic E-state index is 12.1. The SMILES string of the molecule is CCc1ccc(OCc2nc3ccccc3n2CC(=O)OC(C)C)cc1. The summed E-state index contributed by atoms with van der Waals surface area (Å²) in [6.07, 6.45) is 0.850. The van der Waals surface area contributed by atoms with Crippen molar-refractivity contribution in [3.63, 3.8) is 0 Å². The number of para-hydroxylation sites is 2. The van der Waals surface area contributed by atoms with Crippen LogP contribution >= 0.6 is 0 Å². The molecule has 26 heavy (non-hydrogen) atoms. The average Bonchev–Trinajstić information content (AvgIpc) is 2.97. The Morgan fingerprint density at radius 1 is 1.12 bits per heavy atom. The van der Waals surface area contributed by atoms with Crippen LogP contribution in [0.5, 0.6) is 5.75 Å². The average molecular weight is 352 g/mol. The number of aromatic nitrogens is 2. The van der Waals surface area contributed by atoms with Gasteiger partial charge in [0.25, 0.3) is 0 Å².